The minimum Gasteiger partial charge on any atom is -0.479 e. The van der Waals surface area contributed by atoms with Crippen LogP contribution in [0.25, 0.3) is 0 Å². The molecule has 1 heterocycles. The first kappa shape index (κ1) is 17.1. The lowest BCUT2D eigenvalue weighted by Gasteiger charge is -2.30. The Labute approximate surface area is 138 Å². The number of nitrogens with one attached hydrogen (secondary N) is 2. The van der Waals surface area contributed by atoms with Gasteiger partial charge in [0.15, 0.2) is 6.10 Å². The van der Waals surface area contributed by atoms with Crippen molar-refractivity contribution in [2.24, 2.45) is 0 Å². The molecule has 132 valence electrons. The first-order chi connectivity index (χ1) is 11.3. The molecule has 7 heteroatoms. The van der Waals surface area contributed by atoms with Crippen molar-refractivity contribution in [1.82, 2.24) is 5.32 Å². The zero-order chi connectivity index (χ0) is 17.3. The van der Waals surface area contributed by atoms with E-state index in [1.807, 2.05) is 12.1 Å². The molecule has 1 aliphatic heterocycles. The SMILES string of the molecule is C[C@H]1Oc2cc3c(cc2NC1=O)[C@H](NCCCC(F)(F)F)CCC3. The maximum absolute atomic E-state index is 12.2. The summed E-state index contributed by atoms with van der Waals surface area (Å²) < 4.78 is 42.3. The lowest BCUT2D eigenvalue weighted by atomic mass is 9.86. The van der Waals surface area contributed by atoms with Gasteiger partial charge in [0.1, 0.15) is 5.75 Å². The highest BCUT2D eigenvalue weighted by Gasteiger charge is 2.29. The lowest BCUT2D eigenvalue weighted by molar-refractivity contribution is -0.135. The fraction of sp³-hybridized carbons (Fsp3) is 0.588. The van der Waals surface area contributed by atoms with Gasteiger partial charge in [0.25, 0.3) is 5.91 Å². The molecule has 0 saturated heterocycles. The predicted octanol–water partition coefficient (Wildman–Crippen LogP) is 3.72. The third-order valence-corrected chi connectivity index (χ3v) is 4.51. The molecule has 0 aromatic heterocycles. The fourth-order valence-electron chi connectivity index (χ4n) is 3.28. The largest absolute Gasteiger partial charge is 0.479 e. The number of carbonyl (C=O) groups is 1. The molecular formula is C17H21F3N2O2. The minimum atomic E-state index is -4.11. The Bertz CT molecular complexity index is 631. The number of hydrogen-bond acceptors (Lipinski definition) is 3. The van der Waals surface area contributed by atoms with Crippen LogP contribution in [0.5, 0.6) is 5.75 Å². The average Bonchev–Trinajstić information content (AvgIpc) is 2.50. The summed E-state index contributed by atoms with van der Waals surface area (Å²) in [5, 5.41) is 6.05. The topological polar surface area (TPSA) is 50.4 Å². The molecule has 0 spiro atoms. The van der Waals surface area contributed by atoms with Gasteiger partial charge in [0, 0.05) is 12.5 Å². The highest BCUT2D eigenvalue weighted by atomic mass is 19.4. The molecule has 0 fully saturated rings. The Morgan fingerprint density at radius 3 is 2.92 bits per heavy atom. The molecule has 1 aliphatic carbocycles. The molecule has 24 heavy (non-hydrogen) atoms. The molecule has 2 atom stereocenters. The highest BCUT2D eigenvalue weighted by molar-refractivity contribution is 5.97. The van der Waals surface area contributed by atoms with Crippen LogP contribution in [0.4, 0.5) is 18.9 Å². The molecular weight excluding hydrogens is 321 g/mol. The van der Waals surface area contributed by atoms with Gasteiger partial charge < -0.3 is 15.4 Å². The molecule has 1 aromatic rings. The summed E-state index contributed by atoms with van der Waals surface area (Å²) in [4.78, 5) is 11.8. The summed E-state index contributed by atoms with van der Waals surface area (Å²) in [7, 11) is 0. The Morgan fingerprint density at radius 2 is 2.17 bits per heavy atom. The van der Waals surface area contributed by atoms with E-state index in [-0.39, 0.29) is 18.4 Å². The first-order valence-electron chi connectivity index (χ1n) is 8.28. The smallest absolute Gasteiger partial charge is 0.389 e. The van der Waals surface area contributed by atoms with Gasteiger partial charge in [-0.15, -0.1) is 0 Å². The molecule has 0 bridgehead atoms. The van der Waals surface area contributed by atoms with Crippen LogP contribution in [0.1, 0.15) is 49.8 Å². The maximum atomic E-state index is 12.2. The zero-order valence-corrected chi connectivity index (χ0v) is 13.5. The number of alkyl halides is 3. The van der Waals surface area contributed by atoms with Gasteiger partial charge in [0.05, 0.1) is 5.69 Å². The number of hydrogen-bond donors (Lipinski definition) is 2. The summed E-state index contributed by atoms with van der Waals surface area (Å²) in [6.45, 7) is 2.02. The summed E-state index contributed by atoms with van der Waals surface area (Å²) in [6, 6.07) is 3.86. The second-order valence-corrected chi connectivity index (χ2v) is 6.41. The Kier molecular flexibility index (Phi) is 4.71. The molecule has 0 unspecified atom stereocenters. The number of aryl methyl sites for hydroxylation is 1. The van der Waals surface area contributed by atoms with Crippen LogP contribution in [0.15, 0.2) is 12.1 Å². The third-order valence-electron chi connectivity index (χ3n) is 4.51. The summed E-state index contributed by atoms with van der Waals surface area (Å²) in [6.07, 6.45) is -2.56. The van der Waals surface area contributed by atoms with Crippen molar-refractivity contribution in [2.75, 3.05) is 11.9 Å². The Hall–Kier alpha value is -1.76. The van der Waals surface area contributed by atoms with Gasteiger partial charge in [0.2, 0.25) is 0 Å². The minimum absolute atomic E-state index is 0.0172. The average molecular weight is 342 g/mol. The second kappa shape index (κ2) is 6.63. The van der Waals surface area contributed by atoms with E-state index in [9.17, 15) is 18.0 Å². The monoisotopic (exact) mass is 342 g/mol. The number of ether oxygens (including phenoxy) is 1. The van der Waals surface area contributed by atoms with E-state index in [0.717, 1.165) is 30.4 Å². The van der Waals surface area contributed by atoms with Crippen LogP contribution in [-0.2, 0) is 11.2 Å². The number of anilines is 1. The fourth-order valence-corrected chi connectivity index (χ4v) is 3.28. The van der Waals surface area contributed by atoms with Gasteiger partial charge in [-0.25, -0.2) is 0 Å². The quantitative estimate of drug-likeness (QED) is 0.820. The van der Waals surface area contributed by atoms with Crippen LogP contribution in [-0.4, -0.2) is 24.7 Å². The Balaban J connectivity index is 1.71. The molecule has 0 saturated carbocycles. The van der Waals surface area contributed by atoms with E-state index in [4.69, 9.17) is 4.74 Å². The standard InChI is InChI=1S/C17H21F3N2O2/c1-10-16(23)22-14-9-12-11(8-15(14)24-10)4-2-5-13(12)21-7-3-6-17(18,19)20/h8-10,13,21H,2-7H2,1H3,(H,22,23)/t10-,13-/m1/s1. The number of halogens is 3. The van der Waals surface area contributed by atoms with Gasteiger partial charge in [-0.3, -0.25) is 4.79 Å². The number of fused-ring (bicyclic) bond motifs is 2. The highest BCUT2D eigenvalue weighted by Crippen LogP contribution is 2.39. The number of benzene rings is 1. The van der Waals surface area contributed by atoms with E-state index < -0.39 is 18.7 Å². The van der Waals surface area contributed by atoms with Gasteiger partial charge in [-0.05, 0) is 62.4 Å². The molecule has 1 aromatic carbocycles. The van der Waals surface area contributed by atoms with Crippen LogP contribution < -0.4 is 15.4 Å². The van der Waals surface area contributed by atoms with E-state index in [2.05, 4.69) is 10.6 Å². The summed E-state index contributed by atoms with van der Waals surface area (Å²) in [5.74, 6) is 0.478. The zero-order valence-electron chi connectivity index (χ0n) is 13.5. The molecule has 2 aliphatic rings. The van der Waals surface area contributed by atoms with Crippen LogP contribution in [0.2, 0.25) is 0 Å². The van der Waals surface area contributed by atoms with Crippen molar-refractivity contribution in [2.45, 2.75) is 57.3 Å². The molecule has 1 amide bonds. The number of amides is 1. The van der Waals surface area contributed by atoms with Gasteiger partial charge in [-0.2, -0.15) is 13.2 Å². The maximum Gasteiger partial charge on any atom is 0.389 e. The van der Waals surface area contributed by atoms with E-state index in [0.29, 0.717) is 18.0 Å². The van der Waals surface area contributed by atoms with Crippen LogP contribution in [0.3, 0.4) is 0 Å². The normalized spacial score (nSPS) is 23.1. The van der Waals surface area contributed by atoms with Crippen molar-refractivity contribution in [3.05, 3.63) is 23.3 Å². The first-order valence-corrected chi connectivity index (χ1v) is 8.28. The predicted molar refractivity (Wildman–Crippen MR) is 84.1 cm³/mol. The van der Waals surface area contributed by atoms with Crippen molar-refractivity contribution in [3.8, 4) is 5.75 Å². The van der Waals surface area contributed by atoms with Crippen molar-refractivity contribution >= 4 is 11.6 Å². The number of rotatable bonds is 4. The second-order valence-electron chi connectivity index (χ2n) is 6.41. The van der Waals surface area contributed by atoms with E-state index >= 15 is 0 Å². The van der Waals surface area contributed by atoms with Crippen LogP contribution >= 0.6 is 0 Å². The van der Waals surface area contributed by atoms with Crippen LogP contribution in [0, 0.1) is 0 Å². The lowest BCUT2D eigenvalue weighted by Crippen LogP contribution is -2.35. The van der Waals surface area contributed by atoms with Gasteiger partial charge in [-0.1, -0.05) is 0 Å². The van der Waals surface area contributed by atoms with Gasteiger partial charge >= 0.3 is 6.18 Å². The molecule has 4 nitrogen and oxygen atoms in total. The van der Waals surface area contributed by atoms with E-state index in [1.165, 1.54) is 0 Å². The number of carbonyl (C=O) groups excluding carboxylic acids is 1. The summed E-state index contributed by atoms with van der Waals surface area (Å²) >= 11 is 0. The van der Waals surface area contributed by atoms with Crippen molar-refractivity contribution < 1.29 is 22.7 Å². The summed E-state index contributed by atoms with van der Waals surface area (Å²) in [5.41, 5.74) is 2.82. The van der Waals surface area contributed by atoms with E-state index in [1.54, 1.807) is 6.92 Å². The molecule has 2 N–H and O–H groups in total. The molecule has 0 radical (unpaired) electrons. The van der Waals surface area contributed by atoms with Crippen molar-refractivity contribution in [1.29, 1.82) is 0 Å². The molecule has 3 rings (SSSR count). The van der Waals surface area contributed by atoms with Crippen molar-refractivity contribution in [3.63, 3.8) is 0 Å². The Morgan fingerprint density at radius 1 is 1.38 bits per heavy atom. The third kappa shape index (κ3) is 3.83.